The molecule has 2 aromatic heterocycles. The minimum Gasteiger partial charge on any atom is -0.337 e. The van der Waals surface area contributed by atoms with Gasteiger partial charge in [0.15, 0.2) is 0 Å². The van der Waals surface area contributed by atoms with Gasteiger partial charge in [0.1, 0.15) is 4.83 Å². The third-order valence-corrected chi connectivity index (χ3v) is 5.00. The van der Waals surface area contributed by atoms with E-state index in [0.717, 1.165) is 40.3 Å². The lowest BCUT2D eigenvalue weighted by Gasteiger charge is -2.22. The zero-order valence-electron chi connectivity index (χ0n) is 11.8. The van der Waals surface area contributed by atoms with Gasteiger partial charge in [-0.3, -0.25) is 9.48 Å². The van der Waals surface area contributed by atoms with Crippen LogP contribution < -0.4 is 5.32 Å². The van der Waals surface area contributed by atoms with Gasteiger partial charge in [-0.15, -0.1) is 23.7 Å². The molecule has 3 rings (SSSR count). The lowest BCUT2D eigenvalue weighted by Crippen LogP contribution is -2.37. The summed E-state index contributed by atoms with van der Waals surface area (Å²) in [6.45, 7) is 3.87. The number of nitrogens with zero attached hydrogens (tertiary/aromatic N) is 3. The van der Waals surface area contributed by atoms with E-state index in [0.29, 0.717) is 6.04 Å². The van der Waals surface area contributed by atoms with Crippen LogP contribution in [0.3, 0.4) is 0 Å². The number of likely N-dealkylation sites (N-methyl/N-ethyl adjacent to an activating group) is 1. The highest BCUT2D eigenvalue weighted by Gasteiger charge is 2.25. The number of carbonyl (C=O) groups excluding carboxylic acids is 1. The van der Waals surface area contributed by atoms with E-state index in [9.17, 15) is 4.79 Å². The fourth-order valence-electron chi connectivity index (χ4n) is 2.62. The first-order chi connectivity index (χ1) is 9.08. The van der Waals surface area contributed by atoms with Crippen LogP contribution >= 0.6 is 23.7 Å². The lowest BCUT2D eigenvalue weighted by molar-refractivity contribution is 0.0749. The fraction of sp³-hybridized carbons (Fsp3) is 0.538. The highest BCUT2D eigenvalue weighted by molar-refractivity contribution is 7.20. The zero-order valence-corrected chi connectivity index (χ0v) is 13.5. The van der Waals surface area contributed by atoms with Gasteiger partial charge in [-0.1, -0.05) is 0 Å². The molecule has 3 heterocycles. The molecule has 110 valence electrons. The largest absolute Gasteiger partial charge is 0.337 e. The number of hydrogen-bond acceptors (Lipinski definition) is 4. The third kappa shape index (κ3) is 2.43. The summed E-state index contributed by atoms with van der Waals surface area (Å²) in [5.41, 5.74) is 0.984. The summed E-state index contributed by atoms with van der Waals surface area (Å²) >= 11 is 1.53. The maximum absolute atomic E-state index is 12.5. The zero-order chi connectivity index (χ0) is 13.6. The van der Waals surface area contributed by atoms with Crippen LogP contribution in [0.5, 0.6) is 0 Å². The molecule has 1 atom stereocenters. The smallest absolute Gasteiger partial charge is 0.264 e. The molecule has 2 aromatic rings. The first kappa shape index (κ1) is 15.3. The Hall–Kier alpha value is -1.11. The molecule has 20 heavy (non-hydrogen) atoms. The van der Waals surface area contributed by atoms with Crippen molar-refractivity contribution in [3.8, 4) is 0 Å². The highest BCUT2D eigenvalue weighted by atomic mass is 35.5. The predicted molar refractivity (Wildman–Crippen MR) is 83.9 cm³/mol. The summed E-state index contributed by atoms with van der Waals surface area (Å²) in [7, 11) is 3.82. The molecule has 7 heteroatoms. The Morgan fingerprint density at radius 2 is 2.35 bits per heavy atom. The minimum atomic E-state index is 0. The normalized spacial score (nSPS) is 18.2. The van der Waals surface area contributed by atoms with Gasteiger partial charge in [0, 0.05) is 32.1 Å². The van der Waals surface area contributed by atoms with Crippen LogP contribution in [-0.2, 0) is 7.05 Å². The second kappa shape index (κ2) is 5.71. The number of nitrogens with one attached hydrogen (secondary N) is 1. The second-order valence-electron chi connectivity index (χ2n) is 5.10. The first-order valence-electron chi connectivity index (χ1n) is 6.49. The van der Waals surface area contributed by atoms with E-state index in [2.05, 4.69) is 10.4 Å². The molecule has 0 bridgehead atoms. The van der Waals surface area contributed by atoms with Crippen LogP contribution in [0.4, 0.5) is 0 Å². The number of amides is 1. The molecule has 1 aliphatic rings. The monoisotopic (exact) mass is 314 g/mol. The van der Waals surface area contributed by atoms with Crippen LogP contribution in [0.2, 0.25) is 0 Å². The molecule has 5 nitrogen and oxygen atoms in total. The van der Waals surface area contributed by atoms with E-state index in [1.54, 1.807) is 0 Å². The number of aryl methyl sites for hydroxylation is 2. The van der Waals surface area contributed by atoms with Crippen molar-refractivity contribution in [2.45, 2.75) is 19.4 Å². The molecule has 1 N–H and O–H groups in total. The number of hydrogen-bond donors (Lipinski definition) is 1. The summed E-state index contributed by atoms with van der Waals surface area (Å²) in [5, 5.41) is 8.75. The van der Waals surface area contributed by atoms with Crippen molar-refractivity contribution in [3.05, 3.63) is 16.6 Å². The maximum Gasteiger partial charge on any atom is 0.264 e. The third-order valence-electron chi connectivity index (χ3n) is 3.81. The van der Waals surface area contributed by atoms with Gasteiger partial charge in [0.25, 0.3) is 5.91 Å². The number of aromatic nitrogens is 2. The summed E-state index contributed by atoms with van der Waals surface area (Å²) in [6, 6.07) is 2.29. The molecule has 1 fully saturated rings. The van der Waals surface area contributed by atoms with Crippen molar-refractivity contribution in [2.75, 3.05) is 20.1 Å². The molecule has 1 saturated heterocycles. The SMILES string of the molecule is Cc1nn(C)c2sc(C(=O)N(C)C3CCNC3)cc12.Cl. The van der Waals surface area contributed by atoms with Crippen LogP contribution in [0.1, 0.15) is 21.8 Å². The van der Waals surface area contributed by atoms with Gasteiger partial charge in [0.2, 0.25) is 0 Å². The lowest BCUT2D eigenvalue weighted by atomic mass is 10.2. The van der Waals surface area contributed by atoms with Crippen molar-refractivity contribution in [2.24, 2.45) is 7.05 Å². The molecule has 0 spiro atoms. The van der Waals surface area contributed by atoms with Gasteiger partial charge >= 0.3 is 0 Å². The summed E-state index contributed by atoms with van der Waals surface area (Å²) < 4.78 is 1.85. The number of rotatable bonds is 2. The summed E-state index contributed by atoms with van der Waals surface area (Å²) in [4.78, 5) is 16.2. The molecule has 0 saturated carbocycles. The van der Waals surface area contributed by atoms with Crippen LogP contribution in [-0.4, -0.2) is 46.8 Å². The van der Waals surface area contributed by atoms with E-state index in [1.807, 2.05) is 36.7 Å². The molecule has 0 aliphatic carbocycles. The van der Waals surface area contributed by atoms with Crippen LogP contribution in [0, 0.1) is 6.92 Å². The van der Waals surface area contributed by atoms with Gasteiger partial charge in [0.05, 0.1) is 10.6 Å². The molecule has 1 unspecified atom stereocenters. The fourth-order valence-corrected chi connectivity index (χ4v) is 3.73. The Morgan fingerprint density at radius 1 is 1.60 bits per heavy atom. The topological polar surface area (TPSA) is 50.2 Å². The van der Waals surface area contributed by atoms with Crippen molar-refractivity contribution in [3.63, 3.8) is 0 Å². The second-order valence-corrected chi connectivity index (χ2v) is 6.13. The standard InChI is InChI=1S/C13H18N4OS.ClH/c1-8-10-6-11(19-13(10)17(3)15-8)12(18)16(2)9-4-5-14-7-9;/h6,9,14H,4-5,7H2,1-3H3;1H. The summed E-state index contributed by atoms with van der Waals surface area (Å²) in [5.74, 6) is 0.120. The predicted octanol–water partition coefficient (Wildman–Crippen LogP) is 1.80. The van der Waals surface area contributed by atoms with Gasteiger partial charge in [-0.2, -0.15) is 5.10 Å². The number of carbonyl (C=O) groups is 1. The van der Waals surface area contributed by atoms with Crippen molar-refractivity contribution in [1.82, 2.24) is 20.0 Å². The van der Waals surface area contributed by atoms with Gasteiger partial charge in [-0.05, 0) is 26.0 Å². The van der Waals surface area contributed by atoms with Crippen LogP contribution in [0.25, 0.3) is 10.2 Å². The maximum atomic E-state index is 12.5. The Labute approximate surface area is 128 Å². The molecule has 0 radical (unpaired) electrons. The highest BCUT2D eigenvalue weighted by Crippen LogP contribution is 2.28. The average molecular weight is 315 g/mol. The Balaban J connectivity index is 0.00000147. The first-order valence-corrected chi connectivity index (χ1v) is 7.30. The molecule has 0 aromatic carbocycles. The van der Waals surface area contributed by atoms with Crippen molar-refractivity contribution in [1.29, 1.82) is 0 Å². The van der Waals surface area contributed by atoms with E-state index < -0.39 is 0 Å². The quantitative estimate of drug-likeness (QED) is 0.919. The van der Waals surface area contributed by atoms with Crippen molar-refractivity contribution < 1.29 is 4.79 Å². The van der Waals surface area contributed by atoms with Gasteiger partial charge in [-0.25, -0.2) is 0 Å². The minimum absolute atomic E-state index is 0. The molecule has 1 aliphatic heterocycles. The van der Waals surface area contributed by atoms with Crippen molar-refractivity contribution >= 4 is 39.9 Å². The molecule has 1 amide bonds. The number of fused-ring (bicyclic) bond motifs is 1. The average Bonchev–Trinajstić information content (AvgIpc) is 3.08. The number of halogens is 1. The molecular weight excluding hydrogens is 296 g/mol. The Kier molecular flexibility index (Phi) is 4.36. The summed E-state index contributed by atoms with van der Waals surface area (Å²) in [6.07, 6.45) is 1.04. The molecular formula is C13H19ClN4OS. The van der Waals surface area contributed by atoms with E-state index in [1.165, 1.54) is 11.3 Å². The van der Waals surface area contributed by atoms with E-state index in [4.69, 9.17) is 0 Å². The Bertz CT molecular complexity index is 595. The van der Waals surface area contributed by atoms with Crippen LogP contribution in [0.15, 0.2) is 6.07 Å². The Morgan fingerprint density at radius 3 is 2.95 bits per heavy atom. The number of thiophene rings is 1. The van der Waals surface area contributed by atoms with E-state index in [-0.39, 0.29) is 18.3 Å². The van der Waals surface area contributed by atoms with E-state index >= 15 is 0 Å². The van der Waals surface area contributed by atoms with Gasteiger partial charge < -0.3 is 10.2 Å².